The van der Waals surface area contributed by atoms with E-state index in [2.05, 4.69) is 331 Å². The van der Waals surface area contributed by atoms with Crippen LogP contribution in [0.15, 0.2) is 109 Å². The van der Waals surface area contributed by atoms with Crippen molar-refractivity contribution in [1.29, 1.82) is 0 Å². The molecule has 84 heavy (non-hydrogen) atoms. The van der Waals surface area contributed by atoms with Crippen LogP contribution in [0, 0.1) is 83.1 Å². The number of hydrogen-bond donors (Lipinski definition) is 0. The van der Waals surface area contributed by atoms with Gasteiger partial charge in [0.15, 0.2) is 66.2 Å². The van der Waals surface area contributed by atoms with Crippen molar-refractivity contribution >= 4 is 66.2 Å². The number of para-hydroxylation sites is 4. The Kier molecular flexibility index (Phi) is 20.3. The van der Waals surface area contributed by atoms with Gasteiger partial charge in [-0.25, -0.2) is 54.8 Å². The molecule has 0 atom stereocenters. The molecule has 0 fully saturated rings. The number of nitrogens with zero attached hydrogens (tertiary/aromatic N) is 12. The van der Waals surface area contributed by atoms with Gasteiger partial charge in [0.1, 0.15) is 0 Å². The summed E-state index contributed by atoms with van der Waals surface area (Å²) in [6, 6.07) is 39.2. The molecule has 0 saturated carbocycles. The molecule has 0 bridgehead atoms. The van der Waals surface area contributed by atoms with Crippen molar-refractivity contribution in [2.75, 3.05) is 0 Å². The molecule has 0 amide bonds. The Morgan fingerprint density at radius 2 is 0.714 bits per heavy atom. The molecule has 12 nitrogen and oxygen atoms in total. The van der Waals surface area contributed by atoms with Gasteiger partial charge in [0.05, 0.1) is 81.6 Å². The monoisotopic (exact) mass is 1130 g/mol. The summed E-state index contributed by atoms with van der Waals surface area (Å²) in [5.41, 5.74) is 24.2. The maximum absolute atomic E-state index is 2.37. The van der Waals surface area contributed by atoms with E-state index < -0.39 is 0 Å². The molecule has 0 N–H and O–H groups in total. The smallest absolute Gasteiger partial charge is 0.230 e. The average molecular weight is 1140 g/mol. The van der Waals surface area contributed by atoms with Gasteiger partial charge in [0, 0.05) is 58.2 Å². The van der Waals surface area contributed by atoms with Crippen LogP contribution < -0.4 is 27.4 Å². The normalized spacial score (nSPS) is 11.1. The molecular weight excluding hydrogens is 1030 g/mol. The first kappa shape index (κ1) is 63.7. The number of rotatable bonds is 6. The largest absolute Gasteiger partial charge is 0.253 e. The fraction of sp³-hybridized carbons (Fsp3) is 0.417. The summed E-state index contributed by atoms with van der Waals surface area (Å²) in [6.07, 6.45) is 0. The Morgan fingerprint density at radius 3 is 1.26 bits per heavy atom. The number of aryl methyl sites for hydroxylation is 18. The molecule has 12 heteroatoms. The Morgan fingerprint density at radius 1 is 0.310 bits per heavy atom. The van der Waals surface area contributed by atoms with Crippen molar-refractivity contribution < 1.29 is 27.4 Å². The van der Waals surface area contributed by atoms with Gasteiger partial charge in [-0.15, -0.1) is 0 Å². The van der Waals surface area contributed by atoms with Crippen LogP contribution in [-0.4, -0.2) is 27.4 Å². The third-order valence-corrected chi connectivity index (χ3v) is 18.3. The lowest BCUT2D eigenvalue weighted by Gasteiger charge is -1.99. The highest BCUT2D eigenvalue weighted by atomic mass is 15.2. The maximum Gasteiger partial charge on any atom is 0.253 e. The molecule has 6 heterocycles. The molecule has 12 rings (SSSR count). The van der Waals surface area contributed by atoms with Gasteiger partial charge < -0.3 is 0 Å². The molecular formula is C72H102N12+6. The first-order chi connectivity index (χ1) is 39.9. The minimum absolute atomic E-state index is 1.03. The highest BCUT2D eigenvalue weighted by Gasteiger charge is 2.23. The van der Waals surface area contributed by atoms with Crippen LogP contribution in [0.2, 0.25) is 0 Å². The van der Waals surface area contributed by atoms with Crippen LogP contribution in [0.1, 0.15) is 110 Å². The molecule has 0 spiro atoms. The van der Waals surface area contributed by atoms with E-state index in [0.29, 0.717) is 0 Å². The molecule has 6 aromatic carbocycles. The number of aromatic nitrogens is 12. The van der Waals surface area contributed by atoms with Gasteiger partial charge in [-0.2, -0.15) is 0 Å². The molecule has 12 aromatic rings. The fourth-order valence-corrected chi connectivity index (χ4v) is 12.8. The molecule has 0 aliphatic heterocycles. The predicted octanol–water partition coefficient (Wildman–Crippen LogP) is 12.6. The summed E-state index contributed by atoms with van der Waals surface area (Å²) >= 11 is 0. The second-order valence-corrected chi connectivity index (χ2v) is 22.8. The van der Waals surface area contributed by atoms with E-state index in [0.717, 1.165) is 39.3 Å². The van der Waals surface area contributed by atoms with Gasteiger partial charge in [-0.05, 0) is 154 Å². The third-order valence-electron chi connectivity index (χ3n) is 18.3. The quantitative estimate of drug-likeness (QED) is 0.149. The van der Waals surface area contributed by atoms with Crippen LogP contribution in [-0.2, 0) is 81.6 Å². The van der Waals surface area contributed by atoms with Gasteiger partial charge in [0.25, 0.3) is 34.9 Å². The number of hydrogen-bond acceptors (Lipinski definition) is 0. The summed E-state index contributed by atoms with van der Waals surface area (Å²) in [4.78, 5) is 0. The van der Waals surface area contributed by atoms with E-state index in [1.165, 1.54) is 135 Å². The number of imidazole rings is 6. The fourth-order valence-electron chi connectivity index (χ4n) is 12.8. The van der Waals surface area contributed by atoms with Crippen molar-refractivity contribution in [3.8, 4) is 0 Å². The van der Waals surface area contributed by atoms with E-state index in [4.69, 9.17) is 0 Å². The molecule has 444 valence electrons. The lowest BCUT2D eigenvalue weighted by atomic mass is 10.1. The van der Waals surface area contributed by atoms with Crippen LogP contribution >= 0.6 is 0 Å². The van der Waals surface area contributed by atoms with Gasteiger partial charge in [-0.1, -0.05) is 54.6 Å². The number of fused-ring (bicyclic) bond motifs is 6. The minimum Gasteiger partial charge on any atom is -0.230 e. The van der Waals surface area contributed by atoms with Gasteiger partial charge >= 0.3 is 0 Å². The van der Waals surface area contributed by atoms with Gasteiger partial charge in [0.2, 0.25) is 0 Å². The third kappa shape index (κ3) is 12.0. The summed E-state index contributed by atoms with van der Waals surface area (Å²) in [5.74, 6) is 7.89. The zero-order chi connectivity index (χ0) is 61.8. The van der Waals surface area contributed by atoms with E-state index in [1.807, 2.05) is 0 Å². The Hall–Kier alpha value is -7.86. The van der Waals surface area contributed by atoms with Crippen molar-refractivity contribution in [1.82, 2.24) is 27.4 Å². The lowest BCUT2D eigenvalue weighted by Crippen LogP contribution is -2.35. The summed E-state index contributed by atoms with van der Waals surface area (Å²) < 4.78 is 27.7. The standard InChI is InChI=1S/C13H19N2.4C12H17N2.C11H15N2/c1-6-15-11(4)14(5)13-10(3)9(2)7-8-12(13)15;1-5-14-10(3)13(4)12-8-9(2)6-7-11(12)14;1-5-14-10(3)13(4)11-7-6-9(2)8-12(11)14;1-5-14-10(3)13(4)12-9(2)7-6-8-11(12)14;1-5-14-10(3)13(4)11-8-6-7-9(2)12(11)14;1-4-13-9(2)12(3)10-7-5-6-8-11(10)13/h7-8H,6H2,1-5H3;4*6-8H,5H2,1-4H3;5-8H,4H2,1-3H3/q6*+1. The summed E-state index contributed by atoms with van der Waals surface area (Å²) in [7, 11) is 12.8. The number of benzene rings is 6. The topological polar surface area (TPSA) is 52.9 Å². The van der Waals surface area contributed by atoms with E-state index in [9.17, 15) is 0 Å². The lowest BCUT2D eigenvalue weighted by molar-refractivity contribution is -0.675. The molecule has 0 aliphatic carbocycles. The Labute approximate surface area is 502 Å². The molecule has 0 aliphatic rings. The molecule has 0 saturated heterocycles. The van der Waals surface area contributed by atoms with Crippen LogP contribution in [0.25, 0.3) is 66.2 Å². The van der Waals surface area contributed by atoms with E-state index in [-0.39, 0.29) is 0 Å². The van der Waals surface area contributed by atoms with Crippen LogP contribution in [0.5, 0.6) is 0 Å². The zero-order valence-electron chi connectivity index (χ0n) is 56.0. The Balaban J connectivity index is 0.000000145. The highest BCUT2D eigenvalue weighted by Crippen LogP contribution is 2.22. The van der Waals surface area contributed by atoms with E-state index in [1.54, 1.807) is 0 Å². The zero-order valence-corrected chi connectivity index (χ0v) is 56.0. The van der Waals surface area contributed by atoms with Gasteiger partial charge in [-0.3, -0.25) is 0 Å². The van der Waals surface area contributed by atoms with Crippen molar-refractivity contribution in [3.05, 3.63) is 178 Å². The first-order valence-corrected chi connectivity index (χ1v) is 30.6. The molecule has 0 unspecified atom stereocenters. The summed E-state index contributed by atoms with van der Waals surface area (Å²) in [5, 5.41) is 0. The van der Waals surface area contributed by atoms with Crippen molar-refractivity contribution in [3.63, 3.8) is 0 Å². The molecule has 0 radical (unpaired) electrons. The minimum atomic E-state index is 1.03. The van der Waals surface area contributed by atoms with E-state index >= 15 is 0 Å². The van der Waals surface area contributed by atoms with Crippen molar-refractivity contribution in [2.45, 2.75) is 164 Å². The first-order valence-electron chi connectivity index (χ1n) is 30.6. The average Bonchev–Trinajstić information content (AvgIpc) is 4.02. The second kappa shape index (κ2) is 26.8. The summed E-state index contributed by atoms with van der Waals surface area (Å²) in [6.45, 7) is 45.3. The Bertz CT molecular complexity index is 4300. The maximum atomic E-state index is 2.37. The van der Waals surface area contributed by atoms with Crippen LogP contribution in [0.4, 0.5) is 0 Å². The predicted molar refractivity (Wildman–Crippen MR) is 350 cm³/mol. The molecule has 6 aromatic heterocycles. The second-order valence-electron chi connectivity index (χ2n) is 22.8. The van der Waals surface area contributed by atoms with Crippen LogP contribution in [0.3, 0.4) is 0 Å². The highest BCUT2D eigenvalue weighted by molar-refractivity contribution is 5.79. The SMILES string of the molecule is CC[n+]1c(C)n(C)c2cc(C)ccc21.CC[n+]1c(C)n(C)c2cccc(C)c21.CCn1c(C)[n+](C)c2c(C)c(C)ccc21.CCn1c(C)[n+](C)c2c(C)cccc21.CCn1c(C)[n+](C)c2ccc(C)cc21.CCn1c(C)[n+](C)c2ccccc21. The van der Waals surface area contributed by atoms with Crippen molar-refractivity contribution in [2.24, 2.45) is 42.3 Å².